The van der Waals surface area contributed by atoms with Crippen molar-refractivity contribution in [2.45, 2.75) is 39.2 Å². The highest BCUT2D eigenvalue weighted by molar-refractivity contribution is 5.03. The predicted molar refractivity (Wildman–Crippen MR) is 58.3 cm³/mol. The van der Waals surface area contributed by atoms with Crippen LogP contribution in [0.2, 0.25) is 0 Å². The summed E-state index contributed by atoms with van der Waals surface area (Å²) in [5, 5.41) is 0. The first-order valence-electron chi connectivity index (χ1n) is 5.30. The first-order valence-corrected chi connectivity index (χ1v) is 5.30. The van der Waals surface area contributed by atoms with Crippen LogP contribution in [0.5, 0.6) is 0 Å². The van der Waals surface area contributed by atoms with Gasteiger partial charge in [0, 0.05) is 18.5 Å². The van der Waals surface area contributed by atoms with Gasteiger partial charge in [0.25, 0.3) is 0 Å². The molecule has 0 aliphatic carbocycles. The number of aryl methyl sites for hydroxylation is 1. The lowest BCUT2D eigenvalue weighted by molar-refractivity contribution is 0.0760. The van der Waals surface area contributed by atoms with Crippen LogP contribution < -0.4 is 0 Å². The summed E-state index contributed by atoms with van der Waals surface area (Å²) >= 11 is 0. The molecule has 1 aromatic rings. The lowest BCUT2D eigenvalue weighted by Crippen LogP contribution is -2.04. The Bertz CT molecular complexity index is 233. The molecular weight excluding hydrogens is 174 g/mol. The largest absolute Gasteiger partial charge is 0.379 e. The van der Waals surface area contributed by atoms with Crippen molar-refractivity contribution in [1.29, 1.82) is 0 Å². The summed E-state index contributed by atoms with van der Waals surface area (Å²) in [6, 6.07) is 6.06. The van der Waals surface area contributed by atoms with Crippen LogP contribution >= 0.6 is 0 Å². The quantitative estimate of drug-likeness (QED) is 0.648. The van der Waals surface area contributed by atoms with Crippen LogP contribution in [0.15, 0.2) is 24.4 Å². The number of ether oxygens (including phenoxy) is 1. The monoisotopic (exact) mass is 193 g/mol. The molecule has 0 amide bonds. The first kappa shape index (κ1) is 11.2. The van der Waals surface area contributed by atoms with E-state index in [0.29, 0.717) is 6.10 Å². The molecule has 0 unspecified atom stereocenters. The summed E-state index contributed by atoms with van der Waals surface area (Å²) in [6.07, 6.45) is 5.53. The van der Waals surface area contributed by atoms with Crippen molar-refractivity contribution in [2.75, 3.05) is 6.61 Å². The summed E-state index contributed by atoms with van der Waals surface area (Å²) in [6.45, 7) is 5.00. The Balaban J connectivity index is 2.05. The Hall–Kier alpha value is -0.890. The summed E-state index contributed by atoms with van der Waals surface area (Å²) in [4.78, 5) is 4.27. The van der Waals surface area contributed by atoms with Crippen LogP contribution in [-0.2, 0) is 11.2 Å². The molecule has 0 saturated heterocycles. The zero-order chi connectivity index (χ0) is 10.2. The van der Waals surface area contributed by atoms with Gasteiger partial charge in [0.15, 0.2) is 0 Å². The van der Waals surface area contributed by atoms with Crippen molar-refractivity contribution in [3.8, 4) is 0 Å². The molecule has 0 aliphatic rings. The topological polar surface area (TPSA) is 22.1 Å². The molecule has 1 aromatic heterocycles. The van der Waals surface area contributed by atoms with Gasteiger partial charge >= 0.3 is 0 Å². The highest BCUT2D eigenvalue weighted by atomic mass is 16.5. The van der Waals surface area contributed by atoms with Crippen LogP contribution in [0, 0.1) is 0 Å². The zero-order valence-electron chi connectivity index (χ0n) is 9.07. The Labute approximate surface area is 86.3 Å². The maximum Gasteiger partial charge on any atom is 0.0518 e. The van der Waals surface area contributed by atoms with Crippen LogP contribution in [0.3, 0.4) is 0 Å². The lowest BCUT2D eigenvalue weighted by Gasteiger charge is -2.06. The lowest BCUT2D eigenvalue weighted by atomic mass is 10.2. The number of unbranched alkanes of at least 4 members (excludes halogenated alkanes) is 1. The van der Waals surface area contributed by atoms with Gasteiger partial charge in [-0.1, -0.05) is 6.07 Å². The maximum atomic E-state index is 5.46. The van der Waals surface area contributed by atoms with E-state index in [4.69, 9.17) is 4.74 Å². The van der Waals surface area contributed by atoms with E-state index in [-0.39, 0.29) is 0 Å². The third kappa shape index (κ3) is 4.97. The molecule has 0 fully saturated rings. The van der Waals surface area contributed by atoms with Crippen LogP contribution in [0.1, 0.15) is 32.4 Å². The molecule has 0 atom stereocenters. The highest BCUT2D eigenvalue weighted by Crippen LogP contribution is 2.02. The molecule has 1 rings (SSSR count). The van der Waals surface area contributed by atoms with E-state index < -0.39 is 0 Å². The fourth-order valence-electron chi connectivity index (χ4n) is 1.27. The van der Waals surface area contributed by atoms with Crippen LogP contribution in [0.4, 0.5) is 0 Å². The molecular formula is C12H19NO. The molecule has 14 heavy (non-hydrogen) atoms. The second-order valence-corrected chi connectivity index (χ2v) is 3.70. The average molecular weight is 193 g/mol. The van der Waals surface area contributed by atoms with Gasteiger partial charge in [0.1, 0.15) is 0 Å². The Morgan fingerprint density at radius 2 is 2.14 bits per heavy atom. The van der Waals surface area contributed by atoms with E-state index >= 15 is 0 Å². The highest BCUT2D eigenvalue weighted by Gasteiger charge is 1.95. The van der Waals surface area contributed by atoms with E-state index in [9.17, 15) is 0 Å². The molecule has 0 aromatic carbocycles. The molecule has 2 nitrogen and oxygen atoms in total. The third-order valence-corrected chi connectivity index (χ3v) is 2.00. The molecule has 0 aliphatic heterocycles. The second-order valence-electron chi connectivity index (χ2n) is 3.70. The van der Waals surface area contributed by atoms with E-state index in [1.807, 2.05) is 18.3 Å². The SMILES string of the molecule is CC(C)OCCCCc1ccccn1. The van der Waals surface area contributed by atoms with Crippen LogP contribution in [0.25, 0.3) is 0 Å². The zero-order valence-corrected chi connectivity index (χ0v) is 9.07. The van der Waals surface area contributed by atoms with Crippen molar-refractivity contribution in [3.05, 3.63) is 30.1 Å². The second kappa shape index (κ2) is 6.55. The summed E-state index contributed by atoms with van der Waals surface area (Å²) in [5.41, 5.74) is 1.18. The molecule has 0 spiro atoms. The Morgan fingerprint density at radius 1 is 1.29 bits per heavy atom. The molecule has 0 saturated carbocycles. The maximum absolute atomic E-state index is 5.46. The smallest absolute Gasteiger partial charge is 0.0518 e. The predicted octanol–water partition coefficient (Wildman–Crippen LogP) is 2.83. The number of rotatable bonds is 6. The van der Waals surface area contributed by atoms with Gasteiger partial charge in [-0.3, -0.25) is 4.98 Å². The van der Waals surface area contributed by atoms with Crippen molar-refractivity contribution in [1.82, 2.24) is 4.98 Å². The fraction of sp³-hybridized carbons (Fsp3) is 0.583. The first-order chi connectivity index (χ1) is 6.79. The molecule has 0 bridgehead atoms. The van der Waals surface area contributed by atoms with Gasteiger partial charge in [0.2, 0.25) is 0 Å². The van der Waals surface area contributed by atoms with E-state index in [0.717, 1.165) is 25.9 Å². The van der Waals surface area contributed by atoms with Crippen molar-refractivity contribution >= 4 is 0 Å². The van der Waals surface area contributed by atoms with Crippen molar-refractivity contribution in [2.24, 2.45) is 0 Å². The number of aromatic nitrogens is 1. The minimum atomic E-state index is 0.352. The van der Waals surface area contributed by atoms with Crippen LogP contribution in [-0.4, -0.2) is 17.7 Å². The molecule has 1 heterocycles. The van der Waals surface area contributed by atoms with Gasteiger partial charge in [-0.15, -0.1) is 0 Å². The summed E-state index contributed by atoms with van der Waals surface area (Å²) < 4.78 is 5.46. The van der Waals surface area contributed by atoms with E-state index in [1.54, 1.807) is 0 Å². The fourth-order valence-corrected chi connectivity index (χ4v) is 1.27. The standard InChI is InChI=1S/C12H19NO/c1-11(2)14-10-6-4-8-12-7-3-5-9-13-12/h3,5,7,9,11H,4,6,8,10H2,1-2H3. The number of nitrogens with zero attached hydrogens (tertiary/aromatic N) is 1. The van der Waals surface area contributed by atoms with Gasteiger partial charge in [0.05, 0.1) is 6.10 Å². The van der Waals surface area contributed by atoms with Gasteiger partial charge in [-0.25, -0.2) is 0 Å². The number of hydrogen-bond acceptors (Lipinski definition) is 2. The summed E-state index contributed by atoms with van der Waals surface area (Å²) in [7, 11) is 0. The molecule has 0 radical (unpaired) electrons. The van der Waals surface area contributed by atoms with Gasteiger partial charge in [-0.2, -0.15) is 0 Å². The van der Waals surface area contributed by atoms with E-state index in [1.165, 1.54) is 5.69 Å². The Morgan fingerprint density at radius 3 is 2.79 bits per heavy atom. The van der Waals surface area contributed by atoms with Gasteiger partial charge in [-0.05, 0) is 45.2 Å². The minimum Gasteiger partial charge on any atom is -0.379 e. The van der Waals surface area contributed by atoms with Crippen molar-refractivity contribution in [3.63, 3.8) is 0 Å². The number of pyridine rings is 1. The van der Waals surface area contributed by atoms with Gasteiger partial charge < -0.3 is 4.74 Å². The third-order valence-electron chi connectivity index (χ3n) is 2.00. The summed E-state index contributed by atoms with van der Waals surface area (Å²) in [5.74, 6) is 0. The Kier molecular flexibility index (Phi) is 5.23. The van der Waals surface area contributed by atoms with Crippen molar-refractivity contribution < 1.29 is 4.74 Å². The van der Waals surface area contributed by atoms with E-state index in [2.05, 4.69) is 24.9 Å². The molecule has 78 valence electrons. The minimum absolute atomic E-state index is 0.352. The average Bonchev–Trinajstić information content (AvgIpc) is 2.18. The number of hydrogen-bond donors (Lipinski definition) is 0. The molecule has 2 heteroatoms. The normalized spacial score (nSPS) is 10.8. The molecule has 0 N–H and O–H groups in total.